The Balaban J connectivity index is 3.15. The summed E-state index contributed by atoms with van der Waals surface area (Å²) in [4.78, 5) is 27.3. The molecule has 0 aliphatic carbocycles. The molecule has 0 aromatic heterocycles. The summed E-state index contributed by atoms with van der Waals surface area (Å²) in [7, 11) is 2.23. The SMILES string of the molecule is COC(=O)C(=NCc1ccccc1)C(=NN=[N])C(=O)OC. The van der Waals surface area contributed by atoms with Crippen LogP contribution in [0, 0.1) is 0 Å². The third-order valence-electron chi connectivity index (χ3n) is 2.39. The third-order valence-corrected chi connectivity index (χ3v) is 2.39. The Morgan fingerprint density at radius 3 is 2.14 bits per heavy atom. The zero-order valence-corrected chi connectivity index (χ0v) is 11.5. The molecule has 0 unspecified atom stereocenters. The predicted molar refractivity (Wildman–Crippen MR) is 73.6 cm³/mol. The Kier molecular flexibility index (Phi) is 6.39. The van der Waals surface area contributed by atoms with Gasteiger partial charge in [-0.05, 0) is 16.3 Å². The molecule has 8 nitrogen and oxygen atoms in total. The monoisotopic (exact) mass is 289 g/mol. The van der Waals surface area contributed by atoms with Crippen LogP contribution in [0.15, 0.2) is 45.6 Å². The second kappa shape index (κ2) is 8.31. The van der Waals surface area contributed by atoms with Gasteiger partial charge in [-0.3, -0.25) is 4.99 Å². The lowest BCUT2D eigenvalue weighted by Gasteiger charge is -2.05. The van der Waals surface area contributed by atoms with Gasteiger partial charge in [0.25, 0.3) is 0 Å². The highest BCUT2D eigenvalue weighted by Crippen LogP contribution is 2.03. The van der Waals surface area contributed by atoms with Crippen molar-refractivity contribution in [2.24, 2.45) is 15.3 Å². The molecule has 0 fully saturated rings. The lowest BCUT2D eigenvalue weighted by Crippen LogP contribution is -2.32. The maximum absolute atomic E-state index is 11.7. The molecule has 1 rings (SSSR count). The van der Waals surface area contributed by atoms with Crippen LogP contribution in [-0.2, 0) is 25.6 Å². The van der Waals surface area contributed by atoms with Gasteiger partial charge in [0.2, 0.25) is 5.71 Å². The molecule has 0 aliphatic rings. The lowest BCUT2D eigenvalue weighted by molar-refractivity contribution is -0.134. The Morgan fingerprint density at radius 1 is 1.05 bits per heavy atom. The molecule has 8 heteroatoms. The van der Waals surface area contributed by atoms with Crippen LogP contribution in [0.2, 0.25) is 0 Å². The number of carbonyl (C=O) groups excluding carboxylic acids is 2. The Bertz CT molecular complexity index is 581. The second-order valence-corrected chi connectivity index (χ2v) is 3.67. The molecule has 1 aromatic carbocycles. The minimum atomic E-state index is -0.968. The van der Waals surface area contributed by atoms with Crippen LogP contribution < -0.4 is 5.53 Å². The predicted octanol–water partition coefficient (Wildman–Crippen LogP) is 0.582. The highest BCUT2D eigenvalue weighted by Gasteiger charge is 2.26. The molecule has 0 amide bonds. The molecule has 21 heavy (non-hydrogen) atoms. The summed E-state index contributed by atoms with van der Waals surface area (Å²) in [6.45, 7) is 0.118. The van der Waals surface area contributed by atoms with Crippen molar-refractivity contribution in [3.8, 4) is 0 Å². The Hall–Kier alpha value is -2.90. The van der Waals surface area contributed by atoms with Crippen molar-refractivity contribution < 1.29 is 19.1 Å². The summed E-state index contributed by atoms with van der Waals surface area (Å²) >= 11 is 0. The number of carbonyl (C=O) groups is 2. The van der Waals surface area contributed by atoms with Crippen molar-refractivity contribution in [3.63, 3.8) is 0 Å². The van der Waals surface area contributed by atoms with E-state index in [-0.39, 0.29) is 12.3 Å². The van der Waals surface area contributed by atoms with Crippen molar-refractivity contribution >= 4 is 23.4 Å². The van der Waals surface area contributed by atoms with Gasteiger partial charge < -0.3 is 9.47 Å². The van der Waals surface area contributed by atoms with E-state index < -0.39 is 17.7 Å². The number of benzene rings is 1. The third kappa shape index (κ3) is 4.60. The van der Waals surface area contributed by atoms with E-state index in [9.17, 15) is 9.59 Å². The Morgan fingerprint density at radius 2 is 1.62 bits per heavy atom. The van der Waals surface area contributed by atoms with Crippen molar-refractivity contribution in [1.82, 2.24) is 5.53 Å². The van der Waals surface area contributed by atoms with Crippen LogP contribution in [-0.4, -0.2) is 37.6 Å². The fourth-order valence-corrected chi connectivity index (χ4v) is 1.41. The van der Waals surface area contributed by atoms with Crippen LogP contribution >= 0.6 is 0 Å². The average Bonchev–Trinajstić information content (AvgIpc) is 2.53. The lowest BCUT2D eigenvalue weighted by atomic mass is 10.2. The first-order chi connectivity index (χ1) is 10.1. The van der Waals surface area contributed by atoms with Gasteiger partial charge in [0.1, 0.15) is 0 Å². The van der Waals surface area contributed by atoms with E-state index >= 15 is 0 Å². The van der Waals surface area contributed by atoms with Gasteiger partial charge >= 0.3 is 11.9 Å². The van der Waals surface area contributed by atoms with Gasteiger partial charge in [-0.1, -0.05) is 30.3 Å². The van der Waals surface area contributed by atoms with Gasteiger partial charge in [-0.25, -0.2) is 9.59 Å². The summed E-state index contributed by atoms with van der Waals surface area (Å²) in [5.74, 6) is -1.86. The minimum Gasteiger partial charge on any atom is -0.464 e. The van der Waals surface area contributed by atoms with Crippen molar-refractivity contribution in [3.05, 3.63) is 35.9 Å². The number of hydrogen-bond donors (Lipinski definition) is 0. The van der Waals surface area contributed by atoms with Crippen LogP contribution in [0.3, 0.4) is 0 Å². The van der Waals surface area contributed by atoms with E-state index in [4.69, 9.17) is 5.53 Å². The van der Waals surface area contributed by atoms with Crippen LogP contribution in [0.25, 0.3) is 0 Å². The highest BCUT2D eigenvalue weighted by molar-refractivity contribution is 6.79. The van der Waals surface area contributed by atoms with Crippen LogP contribution in [0.1, 0.15) is 5.56 Å². The zero-order chi connectivity index (χ0) is 15.7. The first-order valence-corrected chi connectivity index (χ1v) is 5.81. The van der Waals surface area contributed by atoms with Crippen molar-refractivity contribution in [2.75, 3.05) is 14.2 Å². The number of nitrogens with zero attached hydrogens (tertiary/aromatic N) is 4. The maximum atomic E-state index is 11.7. The fraction of sp³-hybridized carbons (Fsp3) is 0.231. The molecule has 0 heterocycles. The normalized spacial score (nSPS) is 11.7. The second-order valence-electron chi connectivity index (χ2n) is 3.67. The quantitative estimate of drug-likeness (QED) is 0.330. The molecule has 0 saturated carbocycles. The Labute approximate surface area is 121 Å². The minimum absolute atomic E-state index is 0.118. The molecule has 109 valence electrons. The van der Waals surface area contributed by atoms with E-state index in [0.717, 1.165) is 19.8 Å². The molecular weight excluding hydrogens is 276 g/mol. The fourth-order valence-electron chi connectivity index (χ4n) is 1.41. The van der Waals surface area contributed by atoms with E-state index in [1.165, 1.54) is 0 Å². The van der Waals surface area contributed by atoms with E-state index in [0.29, 0.717) is 0 Å². The molecule has 0 aliphatic heterocycles. The summed E-state index contributed by atoms with van der Waals surface area (Å²) in [5, 5.41) is 5.66. The van der Waals surface area contributed by atoms with E-state index in [2.05, 4.69) is 24.8 Å². The molecule has 0 N–H and O–H groups in total. The van der Waals surface area contributed by atoms with Crippen molar-refractivity contribution in [1.29, 1.82) is 0 Å². The standard InChI is InChI=1S/C13H13N4O4/c1-20-12(18)10(11(16-17-14)13(19)21-2)15-8-9-6-4-3-5-7-9/h3-7H,8H2,1-2H3. The molecule has 0 atom stereocenters. The zero-order valence-electron chi connectivity index (χ0n) is 11.5. The maximum Gasteiger partial charge on any atom is 0.361 e. The summed E-state index contributed by atoms with van der Waals surface area (Å²) in [5.41, 5.74) is 8.38. The van der Waals surface area contributed by atoms with Crippen LogP contribution in [0.5, 0.6) is 0 Å². The number of aliphatic imine (C=N–C) groups is 1. The average molecular weight is 289 g/mol. The number of rotatable bonds is 6. The number of esters is 2. The largest absolute Gasteiger partial charge is 0.464 e. The summed E-state index contributed by atoms with van der Waals surface area (Å²) < 4.78 is 9.00. The molecule has 1 aromatic rings. The van der Waals surface area contributed by atoms with E-state index in [1.807, 2.05) is 6.07 Å². The molecule has 0 saturated heterocycles. The van der Waals surface area contributed by atoms with Gasteiger partial charge in [0.05, 0.1) is 20.8 Å². The highest BCUT2D eigenvalue weighted by atomic mass is 16.5. The number of hydrogen-bond acceptors (Lipinski definition) is 6. The van der Waals surface area contributed by atoms with E-state index in [1.54, 1.807) is 24.3 Å². The first kappa shape index (κ1) is 16.2. The molecule has 0 spiro atoms. The van der Waals surface area contributed by atoms with Gasteiger partial charge in [0, 0.05) is 0 Å². The molecular formula is C13H13N4O4. The molecule has 0 bridgehead atoms. The summed E-state index contributed by atoms with van der Waals surface area (Å²) in [6, 6.07) is 9.04. The summed E-state index contributed by atoms with van der Waals surface area (Å²) in [6.07, 6.45) is 0. The smallest absolute Gasteiger partial charge is 0.361 e. The van der Waals surface area contributed by atoms with Crippen LogP contribution in [0.4, 0.5) is 0 Å². The van der Waals surface area contributed by atoms with Crippen molar-refractivity contribution in [2.45, 2.75) is 6.54 Å². The number of ether oxygens (including phenoxy) is 2. The first-order valence-electron chi connectivity index (χ1n) is 5.81. The number of methoxy groups -OCH3 is 2. The topological polar surface area (TPSA) is 112 Å². The molecule has 1 radical (unpaired) electrons. The van der Waals surface area contributed by atoms with Gasteiger partial charge in [-0.15, -0.1) is 5.10 Å². The van der Waals surface area contributed by atoms with Gasteiger partial charge in [-0.2, -0.15) is 0 Å². The van der Waals surface area contributed by atoms with Gasteiger partial charge in [0.15, 0.2) is 5.71 Å².